The Hall–Kier alpha value is -2.61. The average Bonchev–Trinajstić information content (AvgIpc) is 2.75. The summed E-state index contributed by atoms with van der Waals surface area (Å²) in [7, 11) is 3.05. The molecule has 1 fully saturated rings. The van der Waals surface area contributed by atoms with E-state index in [1.165, 1.54) is 26.4 Å². The fourth-order valence-corrected chi connectivity index (χ4v) is 3.78. The number of amides is 2. The number of piperazine rings is 1. The van der Waals surface area contributed by atoms with Crippen LogP contribution in [-0.2, 0) is 11.2 Å². The number of hydrogen-bond acceptors (Lipinski definition) is 4. The van der Waals surface area contributed by atoms with Crippen molar-refractivity contribution in [2.45, 2.75) is 6.42 Å². The third-order valence-corrected chi connectivity index (χ3v) is 5.66. The minimum Gasteiger partial charge on any atom is -0.495 e. The topological polar surface area (TPSA) is 59.1 Å². The van der Waals surface area contributed by atoms with Gasteiger partial charge in [-0.25, -0.2) is 4.39 Å². The zero-order valence-electron chi connectivity index (χ0n) is 16.3. The molecule has 0 aromatic heterocycles. The normalized spacial score (nSPS) is 13.9. The van der Waals surface area contributed by atoms with Crippen LogP contribution in [0.1, 0.15) is 15.9 Å². The summed E-state index contributed by atoms with van der Waals surface area (Å²) in [6.45, 7) is 1.79. The predicted molar refractivity (Wildman–Crippen MR) is 110 cm³/mol. The monoisotopic (exact) mass is 464 g/mol. The lowest BCUT2D eigenvalue weighted by molar-refractivity contribution is -0.131. The number of benzene rings is 2. The summed E-state index contributed by atoms with van der Waals surface area (Å²) in [5, 5.41) is 0. The van der Waals surface area contributed by atoms with Crippen LogP contribution in [0.15, 0.2) is 40.9 Å². The highest BCUT2D eigenvalue weighted by Crippen LogP contribution is 2.36. The summed E-state index contributed by atoms with van der Waals surface area (Å²) in [4.78, 5) is 28.8. The van der Waals surface area contributed by atoms with E-state index in [0.717, 1.165) is 5.56 Å². The summed E-state index contributed by atoms with van der Waals surface area (Å²) < 4.78 is 24.3. The maximum Gasteiger partial charge on any atom is 0.254 e. The van der Waals surface area contributed by atoms with E-state index in [1.807, 2.05) is 0 Å². The van der Waals surface area contributed by atoms with Crippen LogP contribution >= 0.6 is 15.9 Å². The molecule has 0 unspecified atom stereocenters. The first kappa shape index (κ1) is 21.1. The zero-order chi connectivity index (χ0) is 21.0. The lowest BCUT2D eigenvalue weighted by atomic mass is 10.1. The van der Waals surface area contributed by atoms with Crippen LogP contribution in [-0.4, -0.2) is 62.0 Å². The highest BCUT2D eigenvalue weighted by atomic mass is 79.9. The molecule has 0 aliphatic carbocycles. The Labute approximate surface area is 177 Å². The summed E-state index contributed by atoms with van der Waals surface area (Å²) in [6, 6.07) is 9.25. The molecule has 8 heteroatoms. The Bertz CT molecular complexity index is 871. The summed E-state index contributed by atoms with van der Waals surface area (Å²) in [5.41, 5.74) is 1.23. The number of hydrogen-bond donors (Lipinski definition) is 0. The second-order valence-electron chi connectivity index (χ2n) is 6.67. The molecule has 6 nitrogen and oxygen atoms in total. The third-order valence-electron chi connectivity index (χ3n) is 4.88. The first-order valence-electron chi connectivity index (χ1n) is 9.16. The van der Waals surface area contributed by atoms with Gasteiger partial charge in [-0.05, 0) is 45.8 Å². The molecular formula is C21H22BrFN2O4. The van der Waals surface area contributed by atoms with Gasteiger partial charge >= 0.3 is 0 Å². The molecule has 0 N–H and O–H groups in total. The molecule has 0 spiro atoms. The molecule has 1 saturated heterocycles. The van der Waals surface area contributed by atoms with Gasteiger partial charge in [0.2, 0.25) is 5.91 Å². The van der Waals surface area contributed by atoms with Crippen molar-refractivity contribution < 1.29 is 23.5 Å². The molecule has 2 aromatic rings. The maximum absolute atomic E-state index is 13.0. The van der Waals surface area contributed by atoms with Crippen molar-refractivity contribution in [2.75, 3.05) is 40.4 Å². The Morgan fingerprint density at radius 2 is 1.48 bits per heavy atom. The molecule has 1 aliphatic rings. The van der Waals surface area contributed by atoms with Crippen LogP contribution in [0, 0.1) is 5.82 Å². The Kier molecular flexibility index (Phi) is 6.74. The third kappa shape index (κ3) is 4.87. The molecule has 0 radical (unpaired) electrons. The van der Waals surface area contributed by atoms with Gasteiger partial charge in [0.25, 0.3) is 5.91 Å². The lowest BCUT2D eigenvalue weighted by Gasteiger charge is -2.35. The van der Waals surface area contributed by atoms with Gasteiger partial charge in [-0.2, -0.15) is 0 Å². The van der Waals surface area contributed by atoms with E-state index in [1.54, 1.807) is 34.1 Å². The van der Waals surface area contributed by atoms with Crippen LogP contribution in [0.5, 0.6) is 11.5 Å². The molecule has 1 heterocycles. The van der Waals surface area contributed by atoms with Crippen molar-refractivity contribution in [1.29, 1.82) is 0 Å². The molecular weight excluding hydrogens is 443 g/mol. The first-order chi connectivity index (χ1) is 13.9. The van der Waals surface area contributed by atoms with Crippen molar-refractivity contribution in [3.63, 3.8) is 0 Å². The van der Waals surface area contributed by atoms with Gasteiger partial charge in [0.1, 0.15) is 21.8 Å². The smallest absolute Gasteiger partial charge is 0.254 e. The molecule has 3 rings (SSSR count). The number of methoxy groups -OCH3 is 2. The Morgan fingerprint density at radius 1 is 0.966 bits per heavy atom. The first-order valence-corrected chi connectivity index (χ1v) is 9.95. The Morgan fingerprint density at radius 3 is 2.00 bits per heavy atom. The quantitative estimate of drug-likeness (QED) is 0.681. The van der Waals surface area contributed by atoms with E-state index in [4.69, 9.17) is 9.47 Å². The van der Waals surface area contributed by atoms with Gasteiger partial charge < -0.3 is 19.3 Å². The minimum atomic E-state index is -0.325. The molecule has 0 atom stereocenters. The van der Waals surface area contributed by atoms with Crippen LogP contribution < -0.4 is 9.47 Å². The Balaban J connectivity index is 1.62. The van der Waals surface area contributed by atoms with E-state index >= 15 is 0 Å². The predicted octanol–water partition coefficient (Wildman–Crippen LogP) is 3.13. The number of halogens is 2. The van der Waals surface area contributed by atoms with Crippen molar-refractivity contribution in [2.24, 2.45) is 0 Å². The van der Waals surface area contributed by atoms with Gasteiger partial charge in [0, 0.05) is 31.7 Å². The summed E-state index contributed by atoms with van der Waals surface area (Å²) in [5.74, 6) is 0.534. The molecule has 1 aliphatic heterocycles. The number of carbonyl (C=O) groups is 2. The van der Waals surface area contributed by atoms with Gasteiger partial charge in [-0.3, -0.25) is 9.59 Å². The van der Waals surface area contributed by atoms with E-state index in [-0.39, 0.29) is 24.1 Å². The van der Waals surface area contributed by atoms with Crippen LogP contribution in [0.4, 0.5) is 4.39 Å². The van der Waals surface area contributed by atoms with Crippen molar-refractivity contribution in [1.82, 2.24) is 9.80 Å². The lowest BCUT2D eigenvalue weighted by Crippen LogP contribution is -2.51. The SMILES string of the molecule is COc1cc(C(=O)N2CCN(C(=O)Cc3ccc(F)cc3)CC2)cc(OC)c1Br. The van der Waals surface area contributed by atoms with E-state index in [0.29, 0.717) is 47.7 Å². The van der Waals surface area contributed by atoms with Crippen LogP contribution in [0.25, 0.3) is 0 Å². The fraction of sp³-hybridized carbons (Fsp3) is 0.333. The highest BCUT2D eigenvalue weighted by molar-refractivity contribution is 9.10. The molecule has 154 valence electrons. The zero-order valence-corrected chi connectivity index (χ0v) is 17.9. The molecule has 0 bridgehead atoms. The number of rotatable bonds is 5. The van der Waals surface area contributed by atoms with Crippen LogP contribution in [0.2, 0.25) is 0 Å². The summed E-state index contributed by atoms with van der Waals surface area (Å²) >= 11 is 3.40. The second kappa shape index (κ2) is 9.26. The standard InChI is InChI=1S/C21H22BrFN2O4/c1-28-17-12-15(13-18(29-2)20(17)22)21(27)25-9-7-24(8-10-25)19(26)11-14-3-5-16(23)6-4-14/h3-6,12-13H,7-11H2,1-2H3. The average molecular weight is 465 g/mol. The van der Waals surface area contributed by atoms with E-state index < -0.39 is 0 Å². The molecule has 2 amide bonds. The number of ether oxygens (including phenoxy) is 2. The van der Waals surface area contributed by atoms with Crippen LogP contribution in [0.3, 0.4) is 0 Å². The highest BCUT2D eigenvalue weighted by Gasteiger charge is 2.26. The number of nitrogens with zero attached hydrogens (tertiary/aromatic N) is 2. The number of carbonyl (C=O) groups excluding carboxylic acids is 2. The van der Waals surface area contributed by atoms with E-state index in [9.17, 15) is 14.0 Å². The largest absolute Gasteiger partial charge is 0.495 e. The van der Waals surface area contributed by atoms with E-state index in [2.05, 4.69) is 15.9 Å². The summed E-state index contributed by atoms with van der Waals surface area (Å²) in [6.07, 6.45) is 0.218. The molecule has 2 aromatic carbocycles. The van der Waals surface area contributed by atoms with Gasteiger partial charge in [-0.15, -0.1) is 0 Å². The van der Waals surface area contributed by atoms with Gasteiger partial charge in [0.05, 0.1) is 20.6 Å². The second-order valence-corrected chi connectivity index (χ2v) is 7.46. The van der Waals surface area contributed by atoms with Gasteiger partial charge in [-0.1, -0.05) is 12.1 Å². The molecule has 0 saturated carbocycles. The molecule has 29 heavy (non-hydrogen) atoms. The maximum atomic E-state index is 13.0. The van der Waals surface area contributed by atoms with Crippen molar-refractivity contribution in [3.8, 4) is 11.5 Å². The van der Waals surface area contributed by atoms with Crippen molar-refractivity contribution in [3.05, 3.63) is 57.8 Å². The minimum absolute atomic E-state index is 0.0318. The van der Waals surface area contributed by atoms with Crippen molar-refractivity contribution >= 4 is 27.7 Å². The fourth-order valence-electron chi connectivity index (χ4n) is 3.22. The van der Waals surface area contributed by atoms with Gasteiger partial charge in [0.15, 0.2) is 0 Å².